The quantitative estimate of drug-likeness (QED) is 0.671. The SMILES string of the molecule is COCC(N)c1ccn(C)n1. The Morgan fingerprint density at radius 3 is 3.00 bits per heavy atom. The van der Waals surface area contributed by atoms with Gasteiger partial charge < -0.3 is 10.5 Å². The summed E-state index contributed by atoms with van der Waals surface area (Å²) < 4.78 is 6.62. The molecule has 0 amide bonds. The zero-order chi connectivity index (χ0) is 8.27. The number of methoxy groups -OCH3 is 1. The Labute approximate surface area is 66.0 Å². The van der Waals surface area contributed by atoms with Gasteiger partial charge in [0.15, 0.2) is 0 Å². The van der Waals surface area contributed by atoms with Crippen molar-refractivity contribution in [1.29, 1.82) is 0 Å². The molecule has 1 heterocycles. The number of rotatable bonds is 3. The van der Waals surface area contributed by atoms with Gasteiger partial charge >= 0.3 is 0 Å². The third kappa shape index (κ3) is 2.03. The molecule has 62 valence electrons. The van der Waals surface area contributed by atoms with Gasteiger partial charge in [0.05, 0.1) is 18.3 Å². The predicted molar refractivity (Wildman–Crippen MR) is 42.0 cm³/mol. The van der Waals surface area contributed by atoms with Crippen molar-refractivity contribution in [2.24, 2.45) is 12.8 Å². The number of ether oxygens (including phenoxy) is 1. The summed E-state index contributed by atoms with van der Waals surface area (Å²) in [5, 5.41) is 4.14. The zero-order valence-electron chi connectivity index (χ0n) is 6.82. The highest BCUT2D eigenvalue weighted by molar-refractivity contribution is 5.04. The molecule has 0 aliphatic rings. The van der Waals surface area contributed by atoms with Gasteiger partial charge in [0.1, 0.15) is 0 Å². The molecule has 1 aromatic heterocycles. The van der Waals surface area contributed by atoms with Gasteiger partial charge in [-0.25, -0.2) is 0 Å². The highest BCUT2D eigenvalue weighted by Crippen LogP contribution is 2.05. The van der Waals surface area contributed by atoms with Gasteiger partial charge in [-0.15, -0.1) is 0 Å². The van der Waals surface area contributed by atoms with Crippen molar-refractivity contribution in [3.63, 3.8) is 0 Å². The molecule has 0 bridgehead atoms. The molecule has 1 aromatic rings. The van der Waals surface area contributed by atoms with Crippen LogP contribution in [0.3, 0.4) is 0 Å². The molecule has 2 N–H and O–H groups in total. The summed E-state index contributed by atoms with van der Waals surface area (Å²) >= 11 is 0. The largest absolute Gasteiger partial charge is 0.383 e. The van der Waals surface area contributed by atoms with Crippen LogP contribution in [0.5, 0.6) is 0 Å². The molecule has 0 aliphatic heterocycles. The second-order valence-corrected chi connectivity index (χ2v) is 2.48. The standard InChI is InChI=1S/C7H13N3O/c1-10-4-3-7(9-10)6(8)5-11-2/h3-4,6H,5,8H2,1-2H3. The summed E-state index contributed by atoms with van der Waals surface area (Å²) in [5.41, 5.74) is 6.59. The molecule has 1 rings (SSSR count). The van der Waals surface area contributed by atoms with Crippen LogP contribution in [-0.2, 0) is 11.8 Å². The number of nitrogens with two attached hydrogens (primary N) is 1. The fourth-order valence-electron chi connectivity index (χ4n) is 0.896. The Kier molecular flexibility index (Phi) is 2.62. The van der Waals surface area contributed by atoms with Gasteiger partial charge in [0, 0.05) is 20.4 Å². The molecule has 1 unspecified atom stereocenters. The number of aryl methyl sites for hydroxylation is 1. The van der Waals surface area contributed by atoms with Crippen molar-refractivity contribution >= 4 is 0 Å². The molecule has 0 aliphatic carbocycles. The number of hydrogen-bond acceptors (Lipinski definition) is 3. The summed E-state index contributed by atoms with van der Waals surface area (Å²) in [4.78, 5) is 0. The minimum atomic E-state index is -0.110. The highest BCUT2D eigenvalue weighted by Gasteiger charge is 2.06. The van der Waals surface area contributed by atoms with E-state index in [1.807, 2.05) is 19.3 Å². The third-order valence-electron chi connectivity index (χ3n) is 1.46. The monoisotopic (exact) mass is 155 g/mol. The van der Waals surface area contributed by atoms with Crippen molar-refractivity contribution in [2.45, 2.75) is 6.04 Å². The summed E-state index contributed by atoms with van der Waals surface area (Å²) in [6.45, 7) is 0.511. The van der Waals surface area contributed by atoms with Crippen molar-refractivity contribution < 1.29 is 4.74 Å². The van der Waals surface area contributed by atoms with Crippen molar-refractivity contribution in [3.05, 3.63) is 18.0 Å². The summed E-state index contributed by atoms with van der Waals surface area (Å²) in [6, 6.07) is 1.78. The maximum atomic E-state index is 5.72. The molecule has 0 saturated carbocycles. The minimum Gasteiger partial charge on any atom is -0.383 e. The molecule has 0 aromatic carbocycles. The van der Waals surface area contributed by atoms with E-state index < -0.39 is 0 Å². The topological polar surface area (TPSA) is 53.1 Å². The summed E-state index contributed by atoms with van der Waals surface area (Å²) in [6.07, 6.45) is 1.87. The normalized spacial score (nSPS) is 13.4. The zero-order valence-corrected chi connectivity index (χ0v) is 6.82. The fourth-order valence-corrected chi connectivity index (χ4v) is 0.896. The lowest BCUT2D eigenvalue weighted by atomic mass is 10.2. The molecular formula is C7H13N3O. The van der Waals surface area contributed by atoms with Crippen LogP contribution in [0.2, 0.25) is 0 Å². The Hall–Kier alpha value is -0.870. The summed E-state index contributed by atoms with van der Waals surface area (Å²) in [5.74, 6) is 0. The summed E-state index contributed by atoms with van der Waals surface area (Å²) in [7, 11) is 3.49. The van der Waals surface area contributed by atoms with Crippen LogP contribution in [0.15, 0.2) is 12.3 Å². The maximum absolute atomic E-state index is 5.72. The lowest BCUT2D eigenvalue weighted by molar-refractivity contribution is 0.179. The van der Waals surface area contributed by atoms with Gasteiger partial charge in [-0.2, -0.15) is 5.10 Å². The van der Waals surface area contributed by atoms with Crippen LogP contribution >= 0.6 is 0 Å². The van der Waals surface area contributed by atoms with Gasteiger partial charge in [-0.05, 0) is 6.07 Å². The lowest BCUT2D eigenvalue weighted by Crippen LogP contribution is -2.16. The van der Waals surface area contributed by atoms with E-state index in [0.29, 0.717) is 6.61 Å². The maximum Gasteiger partial charge on any atom is 0.0815 e. The number of hydrogen-bond donors (Lipinski definition) is 1. The Balaban J connectivity index is 2.60. The Morgan fingerprint density at radius 2 is 2.55 bits per heavy atom. The highest BCUT2D eigenvalue weighted by atomic mass is 16.5. The van der Waals surface area contributed by atoms with Crippen LogP contribution in [-0.4, -0.2) is 23.5 Å². The molecule has 1 atom stereocenters. The molecule has 4 nitrogen and oxygen atoms in total. The van der Waals surface area contributed by atoms with E-state index in [1.165, 1.54) is 0 Å². The molecule has 0 spiro atoms. The van der Waals surface area contributed by atoms with E-state index in [1.54, 1.807) is 11.8 Å². The van der Waals surface area contributed by atoms with Gasteiger partial charge in [0.25, 0.3) is 0 Å². The van der Waals surface area contributed by atoms with E-state index in [9.17, 15) is 0 Å². The van der Waals surface area contributed by atoms with E-state index in [4.69, 9.17) is 10.5 Å². The Bertz CT molecular complexity index is 221. The fraction of sp³-hybridized carbons (Fsp3) is 0.571. The van der Waals surface area contributed by atoms with Crippen molar-refractivity contribution in [3.8, 4) is 0 Å². The molecule has 11 heavy (non-hydrogen) atoms. The second-order valence-electron chi connectivity index (χ2n) is 2.48. The van der Waals surface area contributed by atoms with E-state index in [0.717, 1.165) is 5.69 Å². The van der Waals surface area contributed by atoms with Gasteiger partial charge in [-0.1, -0.05) is 0 Å². The van der Waals surface area contributed by atoms with Crippen LogP contribution in [0.25, 0.3) is 0 Å². The minimum absolute atomic E-state index is 0.110. The van der Waals surface area contributed by atoms with Crippen molar-refractivity contribution in [1.82, 2.24) is 9.78 Å². The molecule has 0 radical (unpaired) electrons. The first kappa shape index (κ1) is 8.23. The Morgan fingerprint density at radius 1 is 1.82 bits per heavy atom. The van der Waals surface area contributed by atoms with E-state index in [2.05, 4.69) is 5.10 Å². The molecule has 0 saturated heterocycles. The molecular weight excluding hydrogens is 142 g/mol. The van der Waals surface area contributed by atoms with Crippen LogP contribution in [0.1, 0.15) is 11.7 Å². The first-order valence-electron chi connectivity index (χ1n) is 3.48. The average Bonchev–Trinajstić information content (AvgIpc) is 2.36. The smallest absolute Gasteiger partial charge is 0.0815 e. The van der Waals surface area contributed by atoms with Gasteiger partial charge in [0.2, 0.25) is 0 Å². The van der Waals surface area contributed by atoms with E-state index in [-0.39, 0.29) is 6.04 Å². The van der Waals surface area contributed by atoms with Crippen LogP contribution < -0.4 is 5.73 Å². The van der Waals surface area contributed by atoms with E-state index >= 15 is 0 Å². The predicted octanol–water partition coefficient (Wildman–Crippen LogP) is 0.0663. The molecule has 4 heteroatoms. The number of aromatic nitrogens is 2. The average molecular weight is 155 g/mol. The second kappa shape index (κ2) is 3.50. The first-order chi connectivity index (χ1) is 5.24. The van der Waals surface area contributed by atoms with Crippen LogP contribution in [0, 0.1) is 0 Å². The molecule has 0 fully saturated rings. The van der Waals surface area contributed by atoms with Crippen molar-refractivity contribution in [2.75, 3.05) is 13.7 Å². The third-order valence-corrected chi connectivity index (χ3v) is 1.46. The lowest BCUT2D eigenvalue weighted by Gasteiger charge is -2.05. The van der Waals surface area contributed by atoms with Crippen LogP contribution in [0.4, 0.5) is 0 Å². The number of nitrogens with zero attached hydrogens (tertiary/aromatic N) is 2. The first-order valence-corrected chi connectivity index (χ1v) is 3.48. The van der Waals surface area contributed by atoms with Gasteiger partial charge in [-0.3, -0.25) is 4.68 Å².